The minimum Gasteiger partial charge on any atom is -0.486 e. The molecule has 0 aromatic heterocycles. The molecule has 122 valence electrons. The Balaban J connectivity index is 1.75. The fourth-order valence-electron chi connectivity index (χ4n) is 3.52. The Kier molecular flexibility index (Phi) is 4.97. The van der Waals surface area contributed by atoms with Gasteiger partial charge in [0.05, 0.1) is 0 Å². The predicted molar refractivity (Wildman–Crippen MR) is 91.0 cm³/mol. The molecular weight excluding hydrogens is 289 g/mol. The Morgan fingerprint density at radius 2 is 1.74 bits per heavy atom. The summed E-state index contributed by atoms with van der Waals surface area (Å²) < 4.78 is 20.1. The van der Waals surface area contributed by atoms with Gasteiger partial charge in [-0.25, -0.2) is 4.39 Å². The molecule has 0 atom stereocenters. The largest absolute Gasteiger partial charge is 0.486 e. The SMILES string of the molecule is NCC1(c2ccc(OCc3ccccc3)c(F)c2)CCCCC1. The van der Waals surface area contributed by atoms with Crippen molar-refractivity contribution in [1.29, 1.82) is 0 Å². The van der Waals surface area contributed by atoms with Gasteiger partial charge in [-0.1, -0.05) is 55.7 Å². The number of nitrogens with two attached hydrogens (primary N) is 1. The second-order valence-electron chi connectivity index (χ2n) is 6.46. The highest BCUT2D eigenvalue weighted by atomic mass is 19.1. The average molecular weight is 313 g/mol. The van der Waals surface area contributed by atoms with Crippen LogP contribution in [0.1, 0.15) is 43.2 Å². The van der Waals surface area contributed by atoms with E-state index in [9.17, 15) is 4.39 Å². The average Bonchev–Trinajstić information content (AvgIpc) is 2.62. The van der Waals surface area contributed by atoms with Crippen LogP contribution in [0, 0.1) is 5.82 Å². The Labute approximate surface area is 137 Å². The summed E-state index contributed by atoms with van der Waals surface area (Å²) in [5, 5.41) is 0. The Hall–Kier alpha value is -1.87. The van der Waals surface area contributed by atoms with Crippen molar-refractivity contribution in [3.05, 3.63) is 65.5 Å². The number of rotatable bonds is 5. The highest BCUT2D eigenvalue weighted by Crippen LogP contribution is 2.39. The molecule has 3 heteroatoms. The number of ether oxygens (including phenoxy) is 1. The zero-order chi connectivity index (χ0) is 16.1. The van der Waals surface area contributed by atoms with Crippen LogP contribution in [-0.2, 0) is 12.0 Å². The normalized spacial score (nSPS) is 17.0. The second kappa shape index (κ2) is 7.14. The third-order valence-corrected chi connectivity index (χ3v) is 4.98. The highest BCUT2D eigenvalue weighted by Gasteiger charge is 2.33. The lowest BCUT2D eigenvalue weighted by molar-refractivity contribution is 0.284. The minimum absolute atomic E-state index is 0.0585. The van der Waals surface area contributed by atoms with Crippen LogP contribution in [0.5, 0.6) is 5.75 Å². The summed E-state index contributed by atoms with van der Waals surface area (Å²) in [5.74, 6) is 0.0115. The Morgan fingerprint density at radius 3 is 2.39 bits per heavy atom. The van der Waals surface area contributed by atoms with Crippen molar-refractivity contribution < 1.29 is 9.13 Å². The summed E-state index contributed by atoms with van der Waals surface area (Å²) in [6, 6.07) is 15.2. The van der Waals surface area contributed by atoms with E-state index in [-0.39, 0.29) is 11.2 Å². The Morgan fingerprint density at radius 1 is 1.00 bits per heavy atom. The molecule has 3 rings (SSSR count). The summed E-state index contributed by atoms with van der Waals surface area (Å²) in [5.41, 5.74) is 8.03. The molecule has 0 aliphatic heterocycles. The molecule has 23 heavy (non-hydrogen) atoms. The first-order valence-electron chi connectivity index (χ1n) is 8.40. The molecule has 0 unspecified atom stereocenters. The number of hydrogen-bond acceptors (Lipinski definition) is 2. The van der Waals surface area contributed by atoms with E-state index in [1.54, 1.807) is 12.1 Å². The van der Waals surface area contributed by atoms with Gasteiger partial charge in [0, 0.05) is 12.0 Å². The van der Waals surface area contributed by atoms with Crippen molar-refractivity contribution in [2.45, 2.75) is 44.1 Å². The fraction of sp³-hybridized carbons (Fsp3) is 0.400. The third-order valence-electron chi connectivity index (χ3n) is 4.98. The van der Waals surface area contributed by atoms with Crippen molar-refractivity contribution in [3.63, 3.8) is 0 Å². The smallest absolute Gasteiger partial charge is 0.165 e. The molecule has 0 heterocycles. The van der Waals surface area contributed by atoms with Gasteiger partial charge in [0.1, 0.15) is 6.61 Å². The monoisotopic (exact) mass is 313 g/mol. The van der Waals surface area contributed by atoms with Gasteiger partial charge in [0.15, 0.2) is 11.6 Å². The van der Waals surface area contributed by atoms with Crippen LogP contribution in [0.25, 0.3) is 0 Å². The standard InChI is InChI=1S/C20H24FNO/c21-18-13-17(20(15-22)11-5-2-6-12-20)9-10-19(18)23-14-16-7-3-1-4-8-16/h1,3-4,7-10,13H,2,5-6,11-12,14-15,22H2. The lowest BCUT2D eigenvalue weighted by atomic mass is 9.69. The van der Waals surface area contributed by atoms with Gasteiger partial charge in [-0.3, -0.25) is 0 Å². The summed E-state index contributed by atoms with van der Waals surface area (Å²) in [4.78, 5) is 0. The van der Waals surface area contributed by atoms with Gasteiger partial charge in [0.2, 0.25) is 0 Å². The van der Waals surface area contributed by atoms with Crippen LogP contribution in [0.3, 0.4) is 0 Å². The number of hydrogen-bond donors (Lipinski definition) is 1. The van der Waals surface area contributed by atoms with Crippen molar-refractivity contribution in [3.8, 4) is 5.75 Å². The van der Waals surface area contributed by atoms with Crippen LogP contribution in [0.2, 0.25) is 0 Å². The minimum atomic E-state index is -0.295. The highest BCUT2D eigenvalue weighted by molar-refractivity contribution is 5.35. The zero-order valence-electron chi connectivity index (χ0n) is 13.4. The van der Waals surface area contributed by atoms with Crippen LogP contribution in [-0.4, -0.2) is 6.54 Å². The van der Waals surface area contributed by atoms with Gasteiger partial charge < -0.3 is 10.5 Å². The van der Waals surface area contributed by atoms with Crippen LogP contribution in [0.4, 0.5) is 4.39 Å². The molecule has 2 N–H and O–H groups in total. The second-order valence-corrected chi connectivity index (χ2v) is 6.46. The third kappa shape index (κ3) is 3.56. The van der Waals surface area contributed by atoms with E-state index in [4.69, 9.17) is 10.5 Å². The van der Waals surface area contributed by atoms with E-state index < -0.39 is 0 Å². The zero-order valence-corrected chi connectivity index (χ0v) is 13.4. The quantitative estimate of drug-likeness (QED) is 0.878. The van der Waals surface area contributed by atoms with E-state index in [0.29, 0.717) is 18.9 Å². The molecule has 2 aromatic carbocycles. The predicted octanol–water partition coefficient (Wildman–Crippen LogP) is 4.57. The Bertz CT molecular complexity index is 635. The summed E-state index contributed by atoms with van der Waals surface area (Å²) >= 11 is 0. The van der Waals surface area contributed by atoms with Gasteiger partial charge in [-0.05, 0) is 36.1 Å². The molecule has 0 bridgehead atoms. The van der Waals surface area contributed by atoms with Crippen LogP contribution in [0.15, 0.2) is 48.5 Å². The fourth-order valence-corrected chi connectivity index (χ4v) is 3.52. The molecule has 0 amide bonds. The van der Waals surface area contributed by atoms with Gasteiger partial charge in [-0.15, -0.1) is 0 Å². The van der Waals surface area contributed by atoms with Crippen molar-refractivity contribution in [1.82, 2.24) is 0 Å². The molecule has 2 nitrogen and oxygen atoms in total. The molecule has 0 saturated heterocycles. The van der Waals surface area contributed by atoms with E-state index >= 15 is 0 Å². The van der Waals surface area contributed by atoms with E-state index in [0.717, 1.165) is 24.0 Å². The molecule has 1 saturated carbocycles. The number of benzene rings is 2. The van der Waals surface area contributed by atoms with E-state index in [1.807, 2.05) is 36.4 Å². The first-order valence-corrected chi connectivity index (χ1v) is 8.40. The van der Waals surface area contributed by atoms with Crippen molar-refractivity contribution >= 4 is 0 Å². The van der Waals surface area contributed by atoms with Gasteiger partial charge >= 0.3 is 0 Å². The summed E-state index contributed by atoms with van der Waals surface area (Å²) in [7, 11) is 0. The maximum absolute atomic E-state index is 14.4. The first-order chi connectivity index (χ1) is 11.2. The molecule has 0 radical (unpaired) electrons. The van der Waals surface area contributed by atoms with Crippen molar-refractivity contribution in [2.24, 2.45) is 5.73 Å². The maximum Gasteiger partial charge on any atom is 0.165 e. The van der Waals surface area contributed by atoms with E-state index in [1.165, 1.54) is 19.3 Å². The molecule has 1 aliphatic rings. The molecule has 1 fully saturated rings. The van der Waals surface area contributed by atoms with Crippen molar-refractivity contribution in [2.75, 3.05) is 6.54 Å². The first kappa shape index (κ1) is 16.0. The summed E-state index contributed by atoms with van der Waals surface area (Å²) in [6.45, 7) is 0.954. The van der Waals surface area contributed by atoms with Gasteiger partial charge in [0.25, 0.3) is 0 Å². The molecular formula is C20H24FNO. The lowest BCUT2D eigenvalue weighted by Gasteiger charge is -2.37. The molecule has 2 aromatic rings. The maximum atomic E-state index is 14.4. The lowest BCUT2D eigenvalue weighted by Crippen LogP contribution is -2.37. The molecule has 0 spiro atoms. The van der Waals surface area contributed by atoms with E-state index in [2.05, 4.69) is 0 Å². The van der Waals surface area contributed by atoms with Crippen LogP contribution >= 0.6 is 0 Å². The molecule has 1 aliphatic carbocycles. The van der Waals surface area contributed by atoms with Gasteiger partial charge in [-0.2, -0.15) is 0 Å². The summed E-state index contributed by atoms with van der Waals surface area (Å²) in [6.07, 6.45) is 5.69. The number of halogens is 1. The van der Waals surface area contributed by atoms with Crippen LogP contribution < -0.4 is 10.5 Å². The topological polar surface area (TPSA) is 35.2 Å².